The minimum atomic E-state index is -4.52. The van der Waals surface area contributed by atoms with Crippen LogP contribution in [0.4, 0.5) is 13.2 Å². The van der Waals surface area contributed by atoms with Crippen molar-refractivity contribution in [2.75, 3.05) is 13.1 Å². The number of nitrogens with zero attached hydrogens (tertiary/aromatic N) is 2. The zero-order chi connectivity index (χ0) is 14.0. The third kappa shape index (κ3) is 4.05. The van der Waals surface area contributed by atoms with Gasteiger partial charge in [0, 0.05) is 17.6 Å². The second kappa shape index (κ2) is 5.95. The highest BCUT2D eigenvalue weighted by atomic mass is 35.5. The summed E-state index contributed by atoms with van der Waals surface area (Å²) in [6.45, 7) is 1.75. The lowest BCUT2D eigenvalue weighted by atomic mass is 9.91. The summed E-state index contributed by atoms with van der Waals surface area (Å²) in [7, 11) is 0. The number of piperidine rings is 1. The summed E-state index contributed by atoms with van der Waals surface area (Å²) >= 11 is 7.10. The van der Waals surface area contributed by atoms with Crippen LogP contribution in [0, 0.1) is 5.92 Å². The molecule has 0 radical (unpaired) electrons. The van der Waals surface area contributed by atoms with Crippen molar-refractivity contribution in [1.29, 1.82) is 0 Å². The molecule has 0 bridgehead atoms. The summed E-state index contributed by atoms with van der Waals surface area (Å²) in [6.07, 6.45) is -4.32. The smallest absolute Gasteiger partial charge is 0.383 e. The van der Waals surface area contributed by atoms with Crippen molar-refractivity contribution in [3.8, 4) is 0 Å². The van der Waals surface area contributed by atoms with Crippen LogP contribution in [-0.4, -0.2) is 40.4 Å². The molecule has 0 aromatic carbocycles. The molecule has 108 valence electrons. The van der Waals surface area contributed by atoms with Crippen molar-refractivity contribution in [3.05, 3.63) is 15.5 Å². The van der Waals surface area contributed by atoms with Gasteiger partial charge in [0.15, 0.2) is 10.6 Å². The van der Waals surface area contributed by atoms with Crippen LogP contribution in [0.3, 0.4) is 0 Å². The number of alkyl halides is 3. The lowest BCUT2D eigenvalue weighted by molar-refractivity contribution is -0.223. The van der Waals surface area contributed by atoms with Gasteiger partial charge in [-0.2, -0.15) is 13.2 Å². The Hall–Kier alpha value is -0.370. The Morgan fingerprint density at radius 3 is 2.58 bits per heavy atom. The lowest BCUT2D eigenvalue weighted by Crippen LogP contribution is -2.43. The summed E-state index contributed by atoms with van der Waals surface area (Å²) in [5.74, 6) is -0.693. The number of aliphatic hydroxyl groups is 1. The highest BCUT2D eigenvalue weighted by Crippen LogP contribution is 2.32. The van der Waals surface area contributed by atoms with Crippen molar-refractivity contribution in [2.45, 2.75) is 31.7 Å². The molecule has 0 amide bonds. The lowest BCUT2D eigenvalue weighted by Gasteiger charge is -2.34. The maximum Gasteiger partial charge on any atom is 0.414 e. The standard InChI is InChI=1S/C11H14ClF3N2OS/c12-10-16-5-8(19-10)6-17-3-1-7(2-4-17)9(18)11(13,14)15/h5,7,9,18H,1-4,6H2. The fraction of sp³-hybridized carbons (Fsp3) is 0.727. The van der Waals surface area contributed by atoms with Gasteiger partial charge in [0.05, 0.1) is 0 Å². The van der Waals surface area contributed by atoms with E-state index in [-0.39, 0.29) is 0 Å². The molecule has 1 saturated heterocycles. The predicted octanol–water partition coefficient (Wildman–Crippen LogP) is 2.93. The number of rotatable bonds is 3. The number of hydrogen-bond acceptors (Lipinski definition) is 4. The van der Waals surface area contributed by atoms with Gasteiger partial charge in [-0.1, -0.05) is 11.6 Å². The van der Waals surface area contributed by atoms with Gasteiger partial charge in [0.2, 0.25) is 0 Å². The van der Waals surface area contributed by atoms with E-state index >= 15 is 0 Å². The number of halogens is 4. The van der Waals surface area contributed by atoms with E-state index in [0.717, 1.165) is 4.88 Å². The van der Waals surface area contributed by atoms with Gasteiger partial charge >= 0.3 is 6.18 Å². The van der Waals surface area contributed by atoms with Gasteiger partial charge in [0.25, 0.3) is 0 Å². The molecule has 0 aliphatic carbocycles. The molecule has 2 rings (SSSR count). The Morgan fingerprint density at radius 1 is 1.47 bits per heavy atom. The minimum Gasteiger partial charge on any atom is -0.383 e. The van der Waals surface area contributed by atoms with Crippen LogP contribution in [0.1, 0.15) is 17.7 Å². The molecule has 1 aromatic heterocycles. The summed E-state index contributed by atoms with van der Waals surface area (Å²) in [5.41, 5.74) is 0. The van der Waals surface area contributed by atoms with Gasteiger partial charge in [-0.15, -0.1) is 11.3 Å². The first-order valence-electron chi connectivity index (χ1n) is 5.93. The zero-order valence-corrected chi connectivity index (χ0v) is 11.6. The number of aliphatic hydroxyl groups excluding tert-OH is 1. The molecular formula is C11H14ClF3N2OS. The molecule has 1 fully saturated rings. The van der Waals surface area contributed by atoms with Crippen molar-refractivity contribution in [2.24, 2.45) is 5.92 Å². The Kier molecular flexibility index (Phi) is 4.70. The molecular weight excluding hydrogens is 301 g/mol. The van der Waals surface area contributed by atoms with Crippen LogP contribution < -0.4 is 0 Å². The van der Waals surface area contributed by atoms with Crippen molar-refractivity contribution >= 4 is 22.9 Å². The van der Waals surface area contributed by atoms with Crippen LogP contribution in [0.25, 0.3) is 0 Å². The Labute approximate surface area is 118 Å². The third-order valence-electron chi connectivity index (χ3n) is 3.32. The van der Waals surface area contributed by atoms with E-state index in [1.54, 1.807) is 6.20 Å². The Bertz CT molecular complexity index is 418. The molecule has 1 aromatic rings. The zero-order valence-electron chi connectivity index (χ0n) is 10.0. The molecule has 8 heteroatoms. The summed E-state index contributed by atoms with van der Waals surface area (Å²) in [6, 6.07) is 0. The Morgan fingerprint density at radius 2 is 2.11 bits per heavy atom. The fourth-order valence-corrected chi connectivity index (χ4v) is 3.29. The monoisotopic (exact) mass is 314 g/mol. The van der Waals surface area contributed by atoms with Gasteiger partial charge in [-0.05, 0) is 31.8 Å². The van der Waals surface area contributed by atoms with Crippen molar-refractivity contribution in [3.63, 3.8) is 0 Å². The maximum atomic E-state index is 12.4. The SMILES string of the molecule is OC(C1CCN(Cc2cnc(Cl)s2)CC1)C(F)(F)F. The molecule has 2 heterocycles. The molecule has 0 saturated carbocycles. The average molecular weight is 315 g/mol. The molecule has 0 spiro atoms. The van der Waals surface area contributed by atoms with Crippen molar-refractivity contribution in [1.82, 2.24) is 9.88 Å². The van der Waals surface area contributed by atoms with E-state index in [2.05, 4.69) is 9.88 Å². The molecule has 1 atom stereocenters. The third-order valence-corrected chi connectivity index (χ3v) is 4.42. The van der Waals surface area contributed by atoms with Crippen LogP contribution >= 0.6 is 22.9 Å². The van der Waals surface area contributed by atoms with E-state index in [9.17, 15) is 18.3 Å². The first-order chi connectivity index (χ1) is 8.86. The van der Waals surface area contributed by atoms with Gasteiger partial charge in [0.1, 0.15) is 0 Å². The summed E-state index contributed by atoms with van der Waals surface area (Å²) in [4.78, 5) is 6.98. The minimum absolute atomic E-state index is 0.354. The van der Waals surface area contributed by atoms with E-state index in [1.807, 2.05) is 0 Å². The van der Waals surface area contributed by atoms with Gasteiger partial charge in [-0.3, -0.25) is 4.90 Å². The molecule has 1 unspecified atom stereocenters. The van der Waals surface area contributed by atoms with Crippen LogP contribution in [0.2, 0.25) is 4.47 Å². The van der Waals surface area contributed by atoms with Gasteiger partial charge in [-0.25, -0.2) is 4.98 Å². The summed E-state index contributed by atoms with van der Waals surface area (Å²) < 4.78 is 37.7. The number of aromatic nitrogens is 1. The normalized spacial score (nSPS) is 20.7. The van der Waals surface area contributed by atoms with Crippen molar-refractivity contribution < 1.29 is 18.3 Å². The fourth-order valence-electron chi connectivity index (χ4n) is 2.27. The first-order valence-corrected chi connectivity index (χ1v) is 7.13. The number of hydrogen-bond donors (Lipinski definition) is 1. The number of likely N-dealkylation sites (tertiary alicyclic amines) is 1. The van der Waals surface area contributed by atoms with Crippen LogP contribution in [0.15, 0.2) is 6.20 Å². The first kappa shape index (κ1) is 15.0. The van der Waals surface area contributed by atoms with Crippen LogP contribution in [-0.2, 0) is 6.54 Å². The quantitative estimate of drug-likeness (QED) is 0.932. The summed E-state index contributed by atoms with van der Waals surface area (Å²) in [5, 5.41) is 9.22. The average Bonchev–Trinajstić information content (AvgIpc) is 2.74. The van der Waals surface area contributed by atoms with Gasteiger partial charge < -0.3 is 5.11 Å². The largest absolute Gasteiger partial charge is 0.414 e. The maximum absolute atomic E-state index is 12.4. The molecule has 3 nitrogen and oxygen atoms in total. The highest BCUT2D eigenvalue weighted by molar-refractivity contribution is 7.15. The molecule has 1 aliphatic rings. The Balaban J connectivity index is 1.82. The van der Waals surface area contributed by atoms with Crippen LogP contribution in [0.5, 0.6) is 0 Å². The highest BCUT2D eigenvalue weighted by Gasteiger charge is 2.44. The van der Waals surface area contributed by atoms with E-state index in [0.29, 0.717) is 36.9 Å². The molecule has 1 N–H and O–H groups in total. The number of thiazole rings is 1. The second-order valence-corrected chi connectivity index (χ2v) is 6.38. The van der Waals surface area contributed by atoms with E-state index < -0.39 is 18.2 Å². The van der Waals surface area contributed by atoms with E-state index in [4.69, 9.17) is 11.6 Å². The van der Waals surface area contributed by atoms with E-state index in [1.165, 1.54) is 11.3 Å². The molecule has 19 heavy (non-hydrogen) atoms. The topological polar surface area (TPSA) is 36.4 Å². The predicted molar refractivity (Wildman–Crippen MR) is 67.2 cm³/mol. The molecule has 1 aliphatic heterocycles. The second-order valence-electron chi connectivity index (χ2n) is 4.68.